The molecule has 0 radical (unpaired) electrons. The third kappa shape index (κ3) is 6.12. The topological polar surface area (TPSA) is 168 Å². The summed E-state index contributed by atoms with van der Waals surface area (Å²) in [6, 6.07) is 5.54. The molecule has 0 aliphatic carbocycles. The summed E-state index contributed by atoms with van der Waals surface area (Å²) in [5.74, 6) is -2.23. The van der Waals surface area contributed by atoms with E-state index in [0.29, 0.717) is 3.57 Å². The Morgan fingerprint density at radius 1 is 0.839 bits per heavy atom. The maximum atomic E-state index is 11.4. The first-order chi connectivity index (χ1) is 14.5. The molecule has 2 rings (SSSR count). The molecule has 14 heteroatoms. The monoisotopic (exact) mass is 660 g/mol. The summed E-state index contributed by atoms with van der Waals surface area (Å²) < 4.78 is 14.4. The summed E-state index contributed by atoms with van der Waals surface area (Å²) in [6.07, 6.45) is 0. The van der Waals surface area contributed by atoms with Crippen LogP contribution in [0.15, 0.2) is 24.3 Å². The minimum atomic E-state index is -0.813. The highest BCUT2D eigenvalue weighted by Crippen LogP contribution is 2.36. The summed E-state index contributed by atoms with van der Waals surface area (Å²) in [5, 5.41) is 30.9. The maximum Gasteiger partial charge on any atom is 0.341 e. The zero-order chi connectivity index (χ0) is 23.9. The van der Waals surface area contributed by atoms with Crippen molar-refractivity contribution in [1.29, 1.82) is 0 Å². The number of halogens is 2. The molecule has 0 aliphatic heterocycles. The molecule has 12 nitrogen and oxygen atoms in total. The van der Waals surface area contributed by atoms with Crippen molar-refractivity contribution in [3.63, 3.8) is 0 Å². The predicted molar refractivity (Wildman–Crippen MR) is 123 cm³/mol. The molecular weight excluding hydrogens is 646 g/mol. The third-order valence-electron chi connectivity index (χ3n) is 3.56. The van der Waals surface area contributed by atoms with E-state index in [4.69, 9.17) is 4.74 Å². The fourth-order valence-electron chi connectivity index (χ4n) is 2.20. The van der Waals surface area contributed by atoms with Gasteiger partial charge < -0.3 is 19.3 Å². The van der Waals surface area contributed by atoms with Gasteiger partial charge >= 0.3 is 23.3 Å². The van der Waals surface area contributed by atoms with Crippen LogP contribution >= 0.6 is 45.2 Å². The number of esters is 2. The molecule has 2 aromatic rings. The lowest BCUT2D eigenvalue weighted by molar-refractivity contribution is -0.386. The number of hydrogen-bond acceptors (Lipinski definition) is 10. The van der Waals surface area contributed by atoms with Gasteiger partial charge in [-0.25, -0.2) is 9.59 Å². The Morgan fingerprint density at radius 2 is 1.26 bits per heavy atom. The number of nitro groups is 2. The molecule has 2 aromatic carbocycles. The van der Waals surface area contributed by atoms with Crippen molar-refractivity contribution in [1.82, 2.24) is 0 Å². The number of phenolic OH excluding ortho intramolecular Hbond substituents is 1. The van der Waals surface area contributed by atoms with E-state index in [-0.39, 0.29) is 26.1 Å². The van der Waals surface area contributed by atoms with Crippen LogP contribution in [-0.4, -0.2) is 48.2 Å². The maximum absolute atomic E-state index is 11.4. The number of hydrogen-bond donors (Lipinski definition) is 1. The highest BCUT2D eigenvalue weighted by Gasteiger charge is 2.27. The van der Waals surface area contributed by atoms with Crippen LogP contribution in [0, 0.1) is 27.4 Å². The first kappa shape index (κ1) is 26.3. The van der Waals surface area contributed by atoms with Crippen molar-refractivity contribution < 1.29 is 38.8 Å². The Kier molecular flexibility index (Phi) is 9.82. The second kappa shape index (κ2) is 11.6. The van der Waals surface area contributed by atoms with Crippen molar-refractivity contribution in [2.45, 2.75) is 0 Å². The number of ether oxygens (including phenoxy) is 3. The second-order valence-electron chi connectivity index (χ2n) is 5.27. The fourth-order valence-corrected chi connectivity index (χ4v) is 3.45. The van der Waals surface area contributed by atoms with Gasteiger partial charge in [-0.15, -0.1) is 0 Å². The van der Waals surface area contributed by atoms with Gasteiger partial charge in [0.25, 0.3) is 0 Å². The Labute approximate surface area is 202 Å². The van der Waals surface area contributed by atoms with Gasteiger partial charge in [0.2, 0.25) is 11.5 Å². The quantitative estimate of drug-likeness (QED) is 0.216. The van der Waals surface area contributed by atoms with E-state index in [1.807, 2.05) is 0 Å². The van der Waals surface area contributed by atoms with Crippen molar-refractivity contribution in [3.05, 3.63) is 62.8 Å². The van der Waals surface area contributed by atoms with Gasteiger partial charge in [0.1, 0.15) is 11.1 Å². The van der Waals surface area contributed by atoms with Gasteiger partial charge in [0, 0.05) is 0 Å². The zero-order valence-electron chi connectivity index (χ0n) is 16.1. The van der Waals surface area contributed by atoms with Gasteiger partial charge in [-0.2, -0.15) is 0 Å². The summed E-state index contributed by atoms with van der Waals surface area (Å²) >= 11 is 3.50. The number of methoxy groups -OCH3 is 3. The van der Waals surface area contributed by atoms with E-state index in [1.54, 1.807) is 45.2 Å². The predicted octanol–water partition coefficient (Wildman–Crippen LogP) is 3.69. The van der Waals surface area contributed by atoms with Crippen molar-refractivity contribution in [2.75, 3.05) is 21.3 Å². The SMILES string of the molecule is COC(=O)c1ccc(I)c([N+](=O)[O-])c1O.COC(=O)c1ccc(I)c([N+](=O)[O-])c1OC. The lowest BCUT2D eigenvalue weighted by atomic mass is 10.1. The second-order valence-corrected chi connectivity index (χ2v) is 7.59. The molecule has 1 N–H and O–H groups in total. The van der Waals surface area contributed by atoms with E-state index in [0.717, 1.165) is 7.11 Å². The molecule has 0 saturated heterocycles. The molecule has 0 bridgehead atoms. The fraction of sp³-hybridized carbons (Fsp3) is 0.176. The molecular formula is C17H14I2N2O10. The van der Waals surface area contributed by atoms with E-state index < -0.39 is 33.2 Å². The number of benzene rings is 2. The summed E-state index contributed by atoms with van der Waals surface area (Å²) in [5.41, 5.74) is -0.897. The standard InChI is InChI=1S/C9H8INO5.C8H6INO5/c1-15-8-5(9(12)16-2)3-4-6(10)7(8)11(13)14;1-15-8(12)4-2-3-5(9)6(7(4)11)10(13)14/h3-4H,1-2H3;2-3,11H,1H3. The first-order valence-corrected chi connectivity index (χ1v) is 10.0. The van der Waals surface area contributed by atoms with Crippen molar-refractivity contribution in [2.24, 2.45) is 0 Å². The number of phenols is 1. The molecule has 0 saturated carbocycles. The minimum absolute atomic E-state index is 0.0390. The van der Waals surface area contributed by atoms with E-state index in [9.17, 15) is 34.9 Å². The number of rotatable bonds is 5. The third-order valence-corrected chi connectivity index (χ3v) is 5.31. The Balaban J connectivity index is 0.000000311. The number of nitro benzene ring substituents is 2. The van der Waals surface area contributed by atoms with Crippen molar-refractivity contribution in [3.8, 4) is 11.5 Å². The average Bonchev–Trinajstić information content (AvgIpc) is 2.72. The molecule has 166 valence electrons. The minimum Gasteiger partial charge on any atom is -0.501 e. The largest absolute Gasteiger partial charge is 0.501 e. The van der Waals surface area contributed by atoms with Crippen LogP contribution < -0.4 is 4.74 Å². The van der Waals surface area contributed by atoms with Gasteiger partial charge in [-0.1, -0.05) is 0 Å². The Morgan fingerprint density at radius 3 is 1.68 bits per heavy atom. The molecule has 0 atom stereocenters. The lowest BCUT2D eigenvalue weighted by Gasteiger charge is -2.07. The van der Waals surface area contributed by atoms with Crippen LogP contribution in [0.1, 0.15) is 20.7 Å². The van der Waals surface area contributed by atoms with Crippen molar-refractivity contribution >= 4 is 68.5 Å². The van der Waals surface area contributed by atoms with Crippen LogP contribution in [0.3, 0.4) is 0 Å². The van der Waals surface area contributed by atoms with Gasteiger partial charge in [0.15, 0.2) is 0 Å². The molecule has 31 heavy (non-hydrogen) atoms. The molecule has 0 fully saturated rings. The molecule has 0 aliphatic rings. The molecule has 0 spiro atoms. The number of carbonyl (C=O) groups is 2. The molecule has 0 heterocycles. The zero-order valence-corrected chi connectivity index (χ0v) is 20.4. The van der Waals surface area contributed by atoms with E-state index in [2.05, 4.69) is 9.47 Å². The van der Waals surface area contributed by atoms with Gasteiger partial charge in [0.05, 0.1) is 38.3 Å². The summed E-state index contributed by atoms with van der Waals surface area (Å²) in [4.78, 5) is 42.6. The number of carbonyl (C=O) groups excluding carboxylic acids is 2. The van der Waals surface area contributed by atoms with Crippen LogP contribution in [0.5, 0.6) is 11.5 Å². The van der Waals surface area contributed by atoms with E-state index >= 15 is 0 Å². The normalized spacial score (nSPS) is 9.71. The van der Waals surface area contributed by atoms with Crippen LogP contribution in [-0.2, 0) is 9.47 Å². The van der Waals surface area contributed by atoms with Gasteiger partial charge in [-0.05, 0) is 69.4 Å². The summed E-state index contributed by atoms with van der Waals surface area (Å²) in [7, 11) is 3.60. The number of aromatic hydroxyl groups is 1. The van der Waals surface area contributed by atoms with Gasteiger partial charge in [-0.3, -0.25) is 20.2 Å². The number of nitrogens with zero attached hydrogens (tertiary/aromatic N) is 2. The first-order valence-electron chi connectivity index (χ1n) is 7.85. The van der Waals surface area contributed by atoms with Crippen LogP contribution in [0.2, 0.25) is 0 Å². The Bertz CT molecular complexity index is 1040. The smallest absolute Gasteiger partial charge is 0.341 e. The highest BCUT2D eigenvalue weighted by atomic mass is 127. The average molecular weight is 660 g/mol. The molecule has 0 amide bonds. The molecule has 0 aromatic heterocycles. The highest BCUT2D eigenvalue weighted by molar-refractivity contribution is 14.1. The Hall–Kier alpha value is -2.76. The van der Waals surface area contributed by atoms with Crippen LogP contribution in [0.4, 0.5) is 11.4 Å². The lowest BCUT2D eigenvalue weighted by Crippen LogP contribution is -2.07. The molecule has 0 unspecified atom stereocenters. The summed E-state index contributed by atoms with van der Waals surface area (Å²) in [6.45, 7) is 0. The van der Waals surface area contributed by atoms with Crippen LogP contribution in [0.25, 0.3) is 0 Å². The van der Waals surface area contributed by atoms with E-state index in [1.165, 1.54) is 38.5 Å².